The summed E-state index contributed by atoms with van der Waals surface area (Å²) < 4.78 is 6.98. The molecule has 0 atom stereocenters. The summed E-state index contributed by atoms with van der Waals surface area (Å²) in [5, 5.41) is 2.34. The van der Waals surface area contributed by atoms with Crippen molar-refractivity contribution in [3.8, 4) is 33.4 Å². The SMILES string of the molecule is CCCCc1c(N2c3ccc(-c4ccccc4)cc3B3c4cc(-c5ccccc5)ccc4Sc4cc(C(C)(C)C)cc2c43)c(-c2ccccc2)cc2c1oc1ccccc12. The Morgan fingerprint density at radius 2 is 1.20 bits per heavy atom. The smallest absolute Gasteiger partial charge is 0.249 e. The van der Waals surface area contributed by atoms with Gasteiger partial charge in [0.15, 0.2) is 0 Å². The van der Waals surface area contributed by atoms with Crippen molar-refractivity contribution in [2.75, 3.05) is 4.90 Å². The quantitative estimate of drug-likeness (QED) is 0.150. The number of nitrogens with zero attached hydrogens (tertiary/aromatic N) is 1. The first-order chi connectivity index (χ1) is 29.4. The van der Waals surface area contributed by atoms with E-state index in [1.807, 2.05) is 11.8 Å². The number of aryl methyl sites for hydroxylation is 1. The molecule has 11 rings (SSSR count). The summed E-state index contributed by atoms with van der Waals surface area (Å²) in [5.41, 5.74) is 19.6. The van der Waals surface area contributed by atoms with E-state index in [2.05, 4.69) is 202 Å². The summed E-state index contributed by atoms with van der Waals surface area (Å²) >= 11 is 1.94. The lowest BCUT2D eigenvalue weighted by Gasteiger charge is -2.43. The van der Waals surface area contributed by atoms with Crippen LogP contribution in [0, 0.1) is 0 Å². The van der Waals surface area contributed by atoms with Gasteiger partial charge in [0, 0.05) is 43.1 Å². The molecule has 2 aliphatic heterocycles. The molecule has 0 spiro atoms. The summed E-state index contributed by atoms with van der Waals surface area (Å²) in [7, 11) is 0. The van der Waals surface area contributed by atoms with Crippen LogP contribution in [0.2, 0.25) is 0 Å². The summed E-state index contributed by atoms with van der Waals surface area (Å²) in [5.74, 6) is 0. The second-order valence-corrected chi connectivity index (χ2v) is 18.6. The molecule has 0 bridgehead atoms. The fourth-order valence-electron chi connectivity index (χ4n) is 9.64. The average Bonchev–Trinajstić information content (AvgIpc) is 3.66. The van der Waals surface area contributed by atoms with E-state index in [9.17, 15) is 0 Å². The van der Waals surface area contributed by atoms with Gasteiger partial charge in [-0.05, 0) is 99.0 Å². The maximum atomic E-state index is 6.98. The van der Waals surface area contributed by atoms with E-state index in [4.69, 9.17) is 4.42 Å². The van der Waals surface area contributed by atoms with Crippen molar-refractivity contribution in [2.45, 2.75) is 62.2 Å². The lowest BCUT2D eigenvalue weighted by atomic mass is 9.34. The van der Waals surface area contributed by atoms with Gasteiger partial charge in [-0.15, -0.1) is 0 Å². The van der Waals surface area contributed by atoms with Gasteiger partial charge in [-0.1, -0.05) is 185 Å². The van der Waals surface area contributed by atoms with Crippen LogP contribution in [0.3, 0.4) is 0 Å². The maximum absolute atomic E-state index is 6.98. The Labute approximate surface area is 358 Å². The molecule has 290 valence electrons. The molecule has 2 nitrogen and oxygen atoms in total. The third-order valence-corrected chi connectivity index (χ3v) is 13.8. The summed E-state index contributed by atoms with van der Waals surface area (Å²) in [6, 6.07) is 63.2. The Kier molecular flexibility index (Phi) is 8.90. The molecule has 1 aromatic heterocycles. The Morgan fingerprint density at radius 1 is 0.567 bits per heavy atom. The first-order valence-electron chi connectivity index (χ1n) is 21.4. The molecular formula is C56H46BNOS. The molecule has 0 N–H and O–H groups in total. The van der Waals surface area contributed by atoms with Crippen molar-refractivity contribution in [2.24, 2.45) is 0 Å². The van der Waals surface area contributed by atoms with Crippen LogP contribution in [0.15, 0.2) is 184 Å². The molecule has 0 aliphatic carbocycles. The van der Waals surface area contributed by atoms with E-state index < -0.39 is 0 Å². The standard InChI is InChI=1S/C56H46BNOS/c1-5-6-24-43-54(44(38-22-14-9-15-23-38)35-45-42-25-16-17-26-50(42)59-55(43)45)58-48-29-27-39(36-18-10-7-11-19-36)31-46(48)57-47-32-40(37-20-12-8-13-21-37)28-30-51(47)60-52-34-41(56(2,3)4)33-49(58)53(52)57/h7-23,25-35H,5-6,24H2,1-4H3. The number of furan rings is 1. The third-order valence-electron chi connectivity index (χ3n) is 12.7. The molecule has 8 aromatic carbocycles. The van der Waals surface area contributed by atoms with Gasteiger partial charge in [-0.25, -0.2) is 0 Å². The first-order valence-corrected chi connectivity index (χ1v) is 22.2. The van der Waals surface area contributed by atoms with E-state index in [1.54, 1.807) is 0 Å². The third kappa shape index (κ3) is 6.03. The molecule has 0 saturated heterocycles. The normalized spacial score (nSPS) is 13.1. The van der Waals surface area contributed by atoms with Crippen molar-refractivity contribution >= 4 is 73.9 Å². The predicted octanol–water partition coefficient (Wildman–Crippen LogP) is 14.0. The average molecular weight is 792 g/mol. The van der Waals surface area contributed by atoms with Gasteiger partial charge >= 0.3 is 0 Å². The largest absolute Gasteiger partial charge is 0.456 e. The molecule has 4 heteroatoms. The highest BCUT2D eigenvalue weighted by Crippen LogP contribution is 2.51. The van der Waals surface area contributed by atoms with Gasteiger partial charge < -0.3 is 9.32 Å². The zero-order valence-electron chi connectivity index (χ0n) is 34.6. The maximum Gasteiger partial charge on any atom is 0.249 e. The van der Waals surface area contributed by atoms with Gasteiger partial charge in [-0.3, -0.25) is 0 Å². The van der Waals surface area contributed by atoms with Gasteiger partial charge in [0.2, 0.25) is 6.71 Å². The van der Waals surface area contributed by atoms with E-state index in [0.29, 0.717) is 0 Å². The van der Waals surface area contributed by atoms with Crippen molar-refractivity contribution in [1.82, 2.24) is 0 Å². The number of benzene rings is 8. The second kappa shape index (κ2) is 14.5. The van der Waals surface area contributed by atoms with Crippen LogP contribution in [0.4, 0.5) is 17.1 Å². The van der Waals surface area contributed by atoms with Crippen molar-refractivity contribution in [3.05, 3.63) is 181 Å². The minimum Gasteiger partial charge on any atom is -0.456 e. The second-order valence-electron chi connectivity index (χ2n) is 17.5. The summed E-state index contributed by atoms with van der Waals surface area (Å²) in [6.07, 6.45) is 3.04. The predicted molar refractivity (Wildman–Crippen MR) is 257 cm³/mol. The topological polar surface area (TPSA) is 16.4 Å². The van der Waals surface area contributed by atoms with E-state index in [-0.39, 0.29) is 12.1 Å². The number of hydrogen-bond donors (Lipinski definition) is 0. The van der Waals surface area contributed by atoms with Crippen LogP contribution in [-0.2, 0) is 11.8 Å². The molecule has 0 unspecified atom stereocenters. The van der Waals surface area contributed by atoms with Crippen LogP contribution in [0.1, 0.15) is 51.7 Å². The Morgan fingerprint density at radius 3 is 1.88 bits per heavy atom. The monoisotopic (exact) mass is 791 g/mol. The molecule has 0 radical (unpaired) electrons. The Bertz CT molecular complexity index is 3090. The van der Waals surface area contributed by atoms with Crippen LogP contribution in [-0.4, -0.2) is 6.71 Å². The highest BCUT2D eigenvalue weighted by molar-refractivity contribution is 8.00. The minimum absolute atomic E-state index is 0.0352. The van der Waals surface area contributed by atoms with Crippen molar-refractivity contribution in [3.63, 3.8) is 0 Å². The lowest BCUT2D eigenvalue weighted by Crippen LogP contribution is -2.60. The number of rotatable bonds is 7. The highest BCUT2D eigenvalue weighted by Gasteiger charge is 2.43. The Hall–Kier alpha value is -6.23. The van der Waals surface area contributed by atoms with E-state index in [0.717, 1.165) is 35.8 Å². The Balaban J connectivity index is 1.28. The highest BCUT2D eigenvalue weighted by atomic mass is 32.2. The molecule has 0 fully saturated rings. The molecule has 2 aliphatic rings. The molecule has 3 heterocycles. The van der Waals surface area contributed by atoms with Gasteiger partial charge in [0.05, 0.1) is 5.69 Å². The molecular weight excluding hydrogens is 746 g/mol. The van der Waals surface area contributed by atoms with Crippen LogP contribution in [0.5, 0.6) is 0 Å². The van der Waals surface area contributed by atoms with Crippen LogP contribution in [0.25, 0.3) is 55.3 Å². The molecule has 0 saturated carbocycles. The van der Waals surface area contributed by atoms with Gasteiger partial charge in [-0.2, -0.15) is 0 Å². The van der Waals surface area contributed by atoms with Gasteiger partial charge in [0.25, 0.3) is 0 Å². The summed E-state index contributed by atoms with van der Waals surface area (Å²) in [6.45, 7) is 9.38. The van der Waals surface area contributed by atoms with Crippen molar-refractivity contribution < 1.29 is 4.42 Å². The van der Waals surface area contributed by atoms with E-state index in [1.165, 1.54) is 93.1 Å². The first kappa shape index (κ1) is 36.8. The zero-order chi connectivity index (χ0) is 40.5. The minimum atomic E-state index is -0.0713. The number of hydrogen-bond acceptors (Lipinski definition) is 3. The molecule has 60 heavy (non-hydrogen) atoms. The number of unbranched alkanes of at least 4 members (excludes halogenated alkanes) is 1. The van der Waals surface area contributed by atoms with E-state index >= 15 is 0 Å². The molecule has 0 amide bonds. The summed E-state index contributed by atoms with van der Waals surface area (Å²) in [4.78, 5) is 5.32. The van der Waals surface area contributed by atoms with Crippen LogP contribution < -0.4 is 21.3 Å². The molecule has 9 aromatic rings. The zero-order valence-corrected chi connectivity index (χ0v) is 35.4. The number of para-hydroxylation sites is 1. The van der Waals surface area contributed by atoms with Crippen molar-refractivity contribution in [1.29, 1.82) is 0 Å². The lowest BCUT2D eigenvalue weighted by molar-refractivity contribution is 0.589. The number of anilines is 3. The van der Waals surface area contributed by atoms with Crippen LogP contribution >= 0.6 is 11.8 Å². The van der Waals surface area contributed by atoms with Gasteiger partial charge in [0.1, 0.15) is 11.2 Å². The fourth-order valence-corrected chi connectivity index (χ4v) is 10.8. The number of fused-ring (bicyclic) bond motifs is 7. The fraction of sp³-hybridized carbons (Fsp3) is 0.143.